The number of likely N-dealkylation sites (N-methyl/N-ethyl adjacent to an activating group) is 1. The fourth-order valence-electron chi connectivity index (χ4n) is 2.83. The maximum absolute atomic E-state index is 11.6. The molecule has 0 bridgehead atoms. The number of amides is 1. The third kappa shape index (κ3) is 3.21. The van der Waals surface area contributed by atoms with Gasteiger partial charge in [-0.3, -0.25) is 9.78 Å². The van der Waals surface area contributed by atoms with Crippen LogP contribution in [0.3, 0.4) is 0 Å². The highest BCUT2D eigenvalue weighted by Crippen LogP contribution is 2.27. The number of rotatable bonds is 6. The number of para-hydroxylation sites is 1. The minimum atomic E-state index is -0.472. The fourth-order valence-corrected chi connectivity index (χ4v) is 2.83. The van der Waals surface area contributed by atoms with Gasteiger partial charge in [-0.15, -0.1) is 0 Å². The van der Waals surface area contributed by atoms with Crippen molar-refractivity contribution in [2.75, 3.05) is 18.9 Å². The molecule has 1 heterocycles. The van der Waals surface area contributed by atoms with Crippen LogP contribution in [0.15, 0.2) is 60.8 Å². The summed E-state index contributed by atoms with van der Waals surface area (Å²) < 4.78 is 0. The fraction of sp³-hybridized carbons (Fsp3) is 0.158. The van der Waals surface area contributed by atoms with Crippen molar-refractivity contribution >= 4 is 22.5 Å². The van der Waals surface area contributed by atoms with E-state index < -0.39 is 5.91 Å². The molecule has 4 N–H and O–H groups in total. The normalized spacial score (nSPS) is 12.0. The van der Waals surface area contributed by atoms with Crippen molar-refractivity contribution in [3.8, 4) is 0 Å². The smallest absolute Gasteiger partial charge is 0.250 e. The maximum Gasteiger partial charge on any atom is 0.250 e. The summed E-state index contributed by atoms with van der Waals surface area (Å²) in [5.41, 5.74) is 8.62. The molecule has 3 aromatic rings. The van der Waals surface area contributed by atoms with Crippen LogP contribution in [-0.2, 0) is 0 Å². The number of carbonyl (C=O) groups excluding carboxylic acids is 1. The number of aromatic nitrogens is 1. The Morgan fingerprint density at radius 2 is 1.92 bits per heavy atom. The van der Waals surface area contributed by atoms with E-state index in [1.807, 2.05) is 43.4 Å². The van der Waals surface area contributed by atoms with Crippen LogP contribution in [-0.4, -0.2) is 24.5 Å². The molecule has 1 atom stereocenters. The first-order chi connectivity index (χ1) is 11.7. The first-order valence-corrected chi connectivity index (χ1v) is 7.84. The SMILES string of the molecule is CNCC(Nc1ccnc2c(C(N)=O)cccc12)c1ccccc1. The Balaban J connectivity index is 2.02. The lowest BCUT2D eigenvalue weighted by Gasteiger charge is -2.21. The molecule has 1 amide bonds. The summed E-state index contributed by atoms with van der Waals surface area (Å²) in [6.07, 6.45) is 1.69. The van der Waals surface area contributed by atoms with Crippen LogP contribution >= 0.6 is 0 Å². The number of nitrogens with one attached hydrogen (secondary N) is 2. The molecule has 0 aliphatic carbocycles. The highest BCUT2D eigenvalue weighted by Gasteiger charge is 2.14. The van der Waals surface area contributed by atoms with Gasteiger partial charge in [-0.1, -0.05) is 42.5 Å². The first kappa shape index (κ1) is 16.0. The van der Waals surface area contributed by atoms with Crippen LogP contribution in [0.1, 0.15) is 22.0 Å². The van der Waals surface area contributed by atoms with E-state index in [-0.39, 0.29) is 6.04 Å². The second-order valence-electron chi connectivity index (χ2n) is 5.59. The number of hydrogen-bond donors (Lipinski definition) is 3. The molecule has 0 saturated carbocycles. The number of anilines is 1. The summed E-state index contributed by atoms with van der Waals surface area (Å²) in [7, 11) is 1.92. The van der Waals surface area contributed by atoms with Crippen LogP contribution in [0, 0.1) is 0 Å². The monoisotopic (exact) mass is 320 g/mol. The molecule has 1 unspecified atom stereocenters. The molecule has 5 heteroatoms. The third-order valence-electron chi connectivity index (χ3n) is 3.98. The highest BCUT2D eigenvalue weighted by atomic mass is 16.1. The van der Waals surface area contributed by atoms with E-state index in [0.29, 0.717) is 11.1 Å². The second kappa shape index (κ2) is 7.10. The van der Waals surface area contributed by atoms with Gasteiger partial charge < -0.3 is 16.4 Å². The molecule has 0 spiro atoms. The van der Waals surface area contributed by atoms with Crippen molar-refractivity contribution in [2.45, 2.75) is 6.04 Å². The number of fused-ring (bicyclic) bond motifs is 1. The summed E-state index contributed by atoms with van der Waals surface area (Å²) in [4.78, 5) is 16.0. The van der Waals surface area contributed by atoms with E-state index in [0.717, 1.165) is 17.6 Å². The van der Waals surface area contributed by atoms with Gasteiger partial charge in [0.25, 0.3) is 5.91 Å². The number of primary amides is 1. The summed E-state index contributed by atoms with van der Waals surface area (Å²) in [5, 5.41) is 7.64. The topological polar surface area (TPSA) is 80.0 Å². The molecule has 0 saturated heterocycles. The van der Waals surface area contributed by atoms with Gasteiger partial charge in [0.1, 0.15) is 0 Å². The largest absolute Gasteiger partial charge is 0.376 e. The summed E-state index contributed by atoms with van der Waals surface area (Å²) in [5.74, 6) is -0.472. The minimum absolute atomic E-state index is 0.0963. The molecule has 24 heavy (non-hydrogen) atoms. The Labute approximate surface area is 140 Å². The summed E-state index contributed by atoms with van der Waals surface area (Å²) in [6.45, 7) is 0.767. The van der Waals surface area contributed by atoms with Crippen molar-refractivity contribution in [1.82, 2.24) is 10.3 Å². The number of carbonyl (C=O) groups is 1. The van der Waals surface area contributed by atoms with E-state index in [2.05, 4.69) is 27.8 Å². The van der Waals surface area contributed by atoms with Gasteiger partial charge in [-0.05, 0) is 24.7 Å². The van der Waals surface area contributed by atoms with E-state index in [1.165, 1.54) is 5.56 Å². The molecule has 5 nitrogen and oxygen atoms in total. The van der Waals surface area contributed by atoms with Crippen LogP contribution in [0.4, 0.5) is 5.69 Å². The molecule has 0 fully saturated rings. The van der Waals surface area contributed by atoms with E-state index in [1.54, 1.807) is 12.3 Å². The zero-order valence-electron chi connectivity index (χ0n) is 13.5. The number of nitrogens with zero attached hydrogens (tertiary/aromatic N) is 1. The Morgan fingerprint density at radius 3 is 2.62 bits per heavy atom. The van der Waals surface area contributed by atoms with Crippen molar-refractivity contribution in [1.29, 1.82) is 0 Å². The Kier molecular flexibility index (Phi) is 4.72. The van der Waals surface area contributed by atoms with Crippen molar-refractivity contribution in [3.05, 3.63) is 71.9 Å². The van der Waals surface area contributed by atoms with Gasteiger partial charge >= 0.3 is 0 Å². The summed E-state index contributed by atoms with van der Waals surface area (Å²) >= 11 is 0. The third-order valence-corrected chi connectivity index (χ3v) is 3.98. The Hall–Kier alpha value is -2.92. The molecular formula is C19H20N4O. The van der Waals surface area contributed by atoms with Crippen molar-refractivity contribution < 1.29 is 4.79 Å². The molecule has 122 valence electrons. The Bertz CT molecular complexity index is 848. The zero-order chi connectivity index (χ0) is 16.9. The minimum Gasteiger partial charge on any atom is -0.376 e. The predicted octanol–water partition coefficient (Wildman–Crippen LogP) is 2.71. The van der Waals surface area contributed by atoms with Crippen molar-refractivity contribution in [2.24, 2.45) is 5.73 Å². The van der Waals surface area contributed by atoms with Gasteiger partial charge in [0.05, 0.1) is 17.1 Å². The van der Waals surface area contributed by atoms with Crippen LogP contribution in [0.25, 0.3) is 10.9 Å². The van der Waals surface area contributed by atoms with Crippen LogP contribution in [0.2, 0.25) is 0 Å². The zero-order valence-corrected chi connectivity index (χ0v) is 13.5. The first-order valence-electron chi connectivity index (χ1n) is 7.84. The van der Waals surface area contributed by atoms with E-state index >= 15 is 0 Å². The Morgan fingerprint density at radius 1 is 1.12 bits per heavy atom. The van der Waals surface area contributed by atoms with Gasteiger partial charge in [-0.2, -0.15) is 0 Å². The summed E-state index contributed by atoms with van der Waals surface area (Å²) in [6, 6.07) is 17.7. The number of benzene rings is 2. The molecule has 0 aliphatic heterocycles. The number of hydrogen-bond acceptors (Lipinski definition) is 4. The average Bonchev–Trinajstić information content (AvgIpc) is 2.61. The molecule has 0 radical (unpaired) electrons. The van der Waals surface area contributed by atoms with Crippen LogP contribution in [0.5, 0.6) is 0 Å². The molecule has 3 rings (SSSR count). The average molecular weight is 320 g/mol. The standard InChI is InChI=1S/C19H20N4O/c1-21-12-17(13-6-3-2-4-7-13)23-16-10-11-22-18-14(16)8-5-9-15(18)19(20)24/h2-11,17,21H,12H2,1H3,(H2,20,24)(H,22,23). The van der Waals surface area contributed by atoms with Crippen molar-refractivity contribution in [3.63, 3.8) is 0 Å². The number of nitrogens with two attached hydrogens (primary N) is 1. The number of pyridine rings is 1. The lowest BCUT2D eigenvalue weighted by molar-refractivity contribution is 0.100. The quantitative estimate of drug-likeness (QED) is 0.652. The predicted molar refractivity (Wildman–Crippen MR) is 97.0 cm³/mol. The van der Waals surface area contributed by atoms with Gasteiger partial charge in [-0.25, -0.2) is 0 Å². The lowest BCUT2D eigenvalue weighted by Crippen LogP contribution is -2.23. The van der Waals surface area contributed by atoms with Crippen LogP contribution < -0.4 is 16.4 Å². The molecular weight excluding hydrogens is 300 g/mol. The van der Waals surface area contributed by atoms with Gasteiger partial charge in [0, 0.05) is 23.8 Å². The lowest BCUT2D eigenvalue weighted by atomic mass is 10.0. The maximum atomic E-state index is 11.6. The van der Waals surface area contributed by atoms with E-state index in [9.17, 15) is 4.79 Å². The van der Waals surface area contributed by atoms with Gasteiger partial charge in [0.2, 0.25) is 0 Å². The molecule has 0 aliphatic rings. The van der Waals surface area contributed by atoms with Gasteiger partial charge in [0.15, 0.2) is 0 Å². The second-order valence-corrected chi connectivity index (χ2v) is 5.59. The van der Waals surface area contributed by atoms with E-state index in [4.69, 9.17) is 5.73 Å². The highest BCUT2D eigenvalue weighted by molar-refractivity contribution is 6.07. The molecule has 1 aromatic heterocycles. The molecule has 2 aromatic carbocycles.